The van der Waals surface area contributed by atoms with E-state index in [0.29, 0.717) is 23.0 Å². The zero-order valence-electron chi connectivity index (χ0n) is 14.5. The van der Waals surface area contributed by atoms with E-state index in [1.807, 2.05) is 84.9 Å². The molecule has 134 valence electrons. The van der Waals surface area contributed by atoms with Gasteiger partial charge in [-0.3, -0.25) is 8.42 Å². The van der Waals surface area contributed by atoms with E-state index >= 15 is 0 Å². The molecule has 0 N–H and O–H groups in total. The first-order chi connectivity index (χ1) is 12.7. The average molecular weight is 383 g/mol. The normalized spacial score (nSPS) is 13.2. The molecule has 3 aromatic rings. The molecule has 0 fully saturated rings. The van der Waals surface area contributed by atoms with Gasteiger partial charge in [-0.2, -0.15) is 0 Å². The molecule has 0 radical (unpaired) electrons. The van der Waals surface area contributed by atoms with Gasteiger partial charge in [0.05, 0.1) is 0 Å². The maximum Gasteiger partial charge on any atom is 0.0489 e. The van der Waals surface area contributed by atoms with Crippen molar-refractivity contribution < 1.29 is 8.42 Å². The second-order valence-electron chi connectivity index (χ2n) is 6.24. The molecule has 3 rings (SSSR count). The van der Waals surface area contributed by atoms with Crippen molar-refractivity contribution in [3.63, 3.8) is 0 Å². The third-order valence-corrected chi connectivity index (χ3v) is 6.64. The van der Waals surface area contributed by atoms with Crippen LogP contribution in [0.3, 0.4) is 0 Å². The fourth-order valence-electron chi connectivity index (χ4n) is 2.73. The van der Waals surface area contributed by atoms with Crippen LogP contribution < -0.4 is 0 Å². The van der Waals surface area contributed by atoms with Gasteiger partial charge in [0.2, 0.25) is 0 Å². The molecule has 3 aromatic carbocycles. The van der Waals surface area contributed by atoms with E-state index in [0.717, 1.165) is 22.3 Å². The van der Waals surface area contributed by atoms with E-state index < -0.39 is 21.6 Å². The van der Waals surface area contributed by atoms with Crippen molar-refractivity contribution in [2.45, 2.75) is 23.0 Å². The van der Waals surface area contributed by atoms with Crippen LogP contribution in [0.25, 0.3) is 0 Å². The van der Waals surface area contributed by atoms with Crippen molar-refractivity contribution in [3.05, 3.63) is 107 Å². The van der Waals surface area contributed by atoms with Crippen molar-refractivity contribution in [2.75, 3.05) is 0 Å². The fraction of sp³-hybridized carbons (Fsp3) is 0.182. The Hall–Kier alpha value is -2.04. The van der Waals surface area contributed by atoms with Crippen LogP contribution >= 0.6 is 0 Å². The van der Waals surface area contributed by atoms with Gasteiger partial charge in [-0.15, -0.1) is 0 Å². The Morgan fingerprint density at radius 3 is 1.00 bits per heavy atom. The molecule has 0 heterocycles. The summed E-state index contributed by atoms with van der Waals surface area (Å²) in [6, 6.07) is 27.8. The largest absolute Gasteiger partial charge is 0.259 e. The van der Waals surface area contributed by atoms with Crippen molar-refractivity contribution >= 4 is 21.6 Å². The molecule has 0 saturated heterocycles. The Balaban J connectivity index is 1.51. The van der Waals surface area contributed by atoms with Gasteiger partial charge in [0.1, 0.15) is 0 Å². The number of hydrogen-bond donors (Lipinski definition) is 0. The number of hydrogen-bond acceptors (Lipinski definition) is 2. The second kappa shape index (κ2) is 9.60. The zero-order valence-corrected chi connectivity index (χ0v) is 16.2. The van der Waals surface area contributed by atoms with Crippen LogP contribution in [0.15, 0.2) is 84.9 Å². The first-order valence-electron chi connectivity index (χ1n) is 8.54. The lowest BCUT2D eigenvalue weighted by Crippen LogP contribution is -2.01. The molecule has 0 saturated carbocycles. The second-order valence-corrected chi connectivity index (χ2v) is 9.16. The van der Waals surface area contributed by atoms with Crippen LogP contribution in [0, 0.1) is 0 Å². The van der Waals surface area contributed by atoms with E-state index in [1.165, 1.54) is 0 Å². The van der Waals surface area contributed by atoms with Crippen molar-refractivity contribution in [2.24, 2.45) is 0 Å². The first-order valence-corrected chi connectivity index (χ1v) is 11.5. The van der Waals surface area contributed by atoms with Gasteiger partial charge in [0, 0.05) is 44.6 Å². The summed E-state index contributed by atoms with van der Waals surface area (Å²) in [5.74, 6) is 2.23. The summed E-state index contributed by atoms with van der Waals surface area (Å²) in [5.41, 5.74) is 4.30. The lowest BCUT2D eigenvalue weighted by molar-refractivity contribution is 0.681. The standard InChI is InChI=1S/C22H22O2S2/c23-25(15-19-7-3-1-4-8-19)17-21-11-13-22(14-12-21)18-26(24)16-20-9-5-2-6-10-20/h1-14H,15-18H2. The molecule has 2 nitrogen and oxygen atoms in total. The maximum absolute atomic E-state index is 12.3. The lowest BCUT2D eigenvalue weighted by Gasteiger charge is -2.06. The lowest BCUT2D eigenvalue weighted by atomic mass is 10.2. The summed E-state index contributed by atoms with van der Waals surface area (Å²) in [7, 11) is -1.85. The molecule has 2 unspecified atom stereocenters. The van der Waals surface area contributed by atoms with E-state index in [4.69, 9.17) is 0 Å². The molecule has 0 bridgehead atoms. The molecule has 0 spiro atoms. The minimum absolute atomic E-state index is 0.544. The molecular formula is C22H22O2S2. The van der Waals surface area contributed by atoms with Crippen LogP contribution in [-0.4, -0.2) is 8.42 Å². The van der Waals surface area contributed by atoms with Crippen LogP contribution in [0.2, 0.25) is 0 Å². The predicted octanol–water partition coefficient (Wildman–Crippen LogP) is 4.58. The third-order valence-electron chi connectivity index (χ3n) is 4.02. The monoisotopic (exact) mass is 382 g/mol. The smallest absolute Gasteiger partial charge is 0.0489 e. The Bertz CT molecular complexity index is 785. The van der Waals surface area contributed by atoms with E-state index in [2.05, 4.69) is 0 Å². The third kappa shape index (κ3) is 6.04. The van der Waals surface area contributed by atoms with Crippen molar-refractivity contribution in [3.8, 4) is 0 Å². The summed E-state index contributed by atoms with van der Waals surface area (Å²) in [6.07, 6.45) is 0. The Morgan fingerprint density at radius 2 is 0.692 bits per heavy atom. The van der Waals surface area contributed by atoms with Gasteiger partial charge in [-0.05, 0) is 22.3 Å². The highest BCUT2D eigenvalue weighted by molar-refractivity contribution is 7.83. The van der Waals surface area contributed by atoms with Gasteiger partial charge < -0.3 is 0 Å². The SMILES string of the molecule is O=S(Cc1ccccc1)Cc1ccc(CS(=O)Cc2ccccc2)cc1. The highest BCUT2D eigenvalue weighted by Crippen LogP contribution is 2.13. The minimum atomic E-state index is -0.926. The predicted molar refractivity (Wildman–Crippen MR) is 110 cm³/mol. The molecular weight excluding hydrogens is 360 g/mol. The van der Waals surface area contributed by atoms with E-state index in [-0.39, 0.29) is 0 Å². The summed E-state index contributed by atoms with van der Waals surface area (Å²) in [6.45, 7) is 0. The van der Waals surface area contributed by atoms with Gasteiger partial charge >= 0.3 is 0 Å². The molecule has 2 atom stereocenters. The van der Waals surface area contributed by atoms with Crippen LogP contribution in [0.1, 0.15) is 22.3 Å². The van der Waals surface area contributed by atoms with Crippen LogP contribution in [-0.2, 0) is 44.6 Å². The fourth-order valence-corrected chi connectivity index (χ4v) is 5.19. The molecule has 0 amide bonds. The van der Waals surface area contributed by atoms with Gasteiger partial charge in [-0.25, -0.2) is 0 Å². The highest BCUT2D eigenvalue weighted by Gasteiger charge is 2.06. The topological polar surface area (TPSA) is 34.1 Å². The number of benzene rings is 3. The maximum atomic E-state index is 12.3. The Kier molecular flexibility index (Phi) is 6.92. The van der Waals surface area contributed by atoms with Crippen LogP contribution in [0.5, 0.6) is 0 Å². The highest BCUT2D eigenvalue weighted by atomic mass is 32.2. The van der Waals surface area contributed by atoms with Crippen molar-refractivity contribution in [1.82, 2.24) is 0 Å². The average Bonchev–Trinajstić information content (AvgIpc) is 2.65. The van der Waals surface area contributed by atoms with Crippen molar-refractivity contribution in [1.29, 1.82) is 0 Å². The quantitative estimate of drug-likeness (QED) is 0.571. The molecule has 0 aliphatic heterocycles. The summed E-state index contributed by atoms with van der Waals surface area (Å²) < 4.78 is 24.6. The molecule has 0 aromatic heterocycles. The zero-order chi connectivity index (χ0) is 18.2. The first kappa shape index (κ1) is 18.7. The van der Waals surface area contributed by atoms with Gasteiger partial charge in [0.25, 0.3) is 0 Å². The summed E-state index contributed by atoms with van der Waals surface area (Å²) in [5, 5.41) is 0. The molecule has 4 heteroatoms. The summed E-state index contributed by atoms with van der Waals surface area (Å²) >= 11 is 0. The Morgan fingerprint density at radius 1 is 0.423 bits per heavy atom. The molecule has 0 aliphatic carbocycles. The Labute approximate surface area is 160 Å². The summed E-state index contributed by atoms with van der Waals surface area (Å²) in [4.78, 5) is 0. The van der Waals surface area contributed by atoms with E-state index in [9.17, 15) is 8.42 Å². The van der Waals surface area contributed by atoms with E-state index in [1.54, 1.807) is 0 Å². The van der Waals surface area contributed by atoms with Gasteiger partial charge in [0.15, 0.2) is 0 Å². The minimum Gasteiger partial charge on any atom is -0.259 e. The van der Waals surface area contributed by atoms with Gasteiger partial charge in [-0.1, -0.05) is 84.9 Å². The van der Waals surface area contributed by atoms with Crippen LogP contribution in [0.4, 0.5) is 0 Å². The molecule has 26 heavy (non-hydrogen) atoms. The number of rotatable bonds is 8. The molecule has 0 aliphatic rings.